The van der Waals surface area contributed by atoms with E-state index >= 15 is 0 Å². The molecule has 2 atom stereocenters. The molecule has 1 fully saturated rings. The monoisotopic (exact) mass is 298 g/mol. The van der Waals surface area contributed by atoms with Crippen LogP contribution in [0.5, 0.6) is 0 Å². The molecule has 1 aliphatic heterocycles. The van der Waals surface area contributed by atoms with E-state index in [0.717, 1.165) is 11.1 Å². The molecule has 1 aromatic rings. The van der Waals surface area contributed by atoms with Gasteiger partial charge in [-0.15, -0.1) is 0 Å². The molecule has 2 N–H and O–H groups in total. The molecule has 0 amide bonds. The lowest BCUT2D eigenvalue weighted by atomic mass is 10.1. The molecule has 0 radical (unpaired) electrons. The minimum absolute atomic E-state index is 0.0852. The molecule has 2 unspecified atom stereocenters. The highest BCUT2D eigenvalue weighted by Crippen LogP contribution is 2.23. The summed E-state index contributed by atoms with van der Waals surface area (Å²) < 4.78 is 32.4. The Morgan fingerprint density at radius 2 is 1.90 bits per heavy atom. The molecular weight excluding hydrogens is 276 g/mol. The van der Waals surface area contributed by atoms with E-state index in [9.17, 15) is 8.42 Å². The fraction of sp³-hybridized carbons (Fsp3) is 0.571. The van der Waals surface area contributed by atoms with Gasteiger partial charge in [-0.05, 0) is 44.0 Å². The zero-order valence-corrected chi connectivity index (χ0v) is 13.0. The van der Waals surface area contributed by atoms with Gasteiger partial charge in [-0.25, -0.2) is 8.42 Å². The lowest BCUT2D eigenvalue weighted by molar-refractivity contribution is -0.0440. The predicted octanol–water partition coefficient (Wildman–Crippen LogP) is 1.25. The molecule has 0 aliphatic carbocycles. The predicted molar refractivity (Wildman–Crippen MR) is 77.8 cm³/mol. The first-order chi connectivity index (χ1) is 9.34. The topological polar surface area (TPSA) is 72.6 Å². The van der Waals surface area contributed by atoms with Crippen LogP contribution in [0.25, 0.3) is 0 Å². The summed E-state index contributed by atoms with van der Waals surface area (Å²) >= 11 is 0. The number of nitrogens with two attached hydrogens (primary N) is 1. The van der Waals surface area contributed by atoms with Crippen LogP contribution in [0.2, 0.25) is 0 Å². The normalized spacial score (nSPS) is 24.8. The zero-order chi connectivity index (χ0) is 14.9. The van der Waals surface area contributed by atoms with Crippen LogP contribution in [0, 0.1) is 6.92 Å². The van der Waals surface area contributed by atoms with E-state index in [1.807, 2.05) is 20.8 Å². The van der Waals surface area contributed by atoms with E-state index in [4.69, 9.17) is 10.5 Å². The summed E-state index contributed by atoms with van der Waals surface area (Å²) in [4.78, 5) is 0.327. The molecule has 5 nitrogen and oxygen atoms in total. The average Bonchev–Trinajstić information content (AvgIpc) is 2.37. The van der Waals surface area contributed by atoms with Crippen LogP contribution < -0.4 is 5.73 Å². The highest BCUT2D eigenvalue weighted by atomic mass is 32.2. The first-order valence-electron chi connectivity index (χ1n) is 6.79. The minimum Gasteiger partial charge on any atom is -0.373 e. The maximum absolute atomic E-state index is 12.7. The third-order valence-electron chi connectivity index (χ3n) is 3.56. The molecule has 1 aliphatic rings. The highest BCUT2D eigenvalue weighted by Gasteiger charge is 2.32. The van der Waals surface area contributed by atoms with Crippen molar-refractivity contribution >= 4 is 10.0 Å². The maximum atomic E-state index is 12.7. The standard InChI is InChI=1S/C14H22N2O3S/c1-10-6-14(5-4-13(10)7-15)20(17,18)16-8-11(2)19-12(3)9-16/h4-6,11-12H,7-9,15H2,1-3H3. The Balaban J connectivity index is 2.32. The van der Waals surface area contributed by atoms with Crippen molar-refractivity contribution in [3.63, 3.8) is 0 Å². The van der Waals surface area contributed by atoms with Crippen molar-refractivity contribution in [2.45, 2.75) is 44.4 Å². The number of hydrogen-bond donors (Lipinski definition) is 1. The van der Waals surface area contributed by atoms with Gasteiger partial charge in [0.25, 0.3) is 0 Å². The Morgan fingerprint density at radius 1 is 1.30 bits per heavy atom. The first-order valence-corrected chi connectivity index (χ1v) is 8.23. The number of morpholine rings is 1. The van der Waals surface area contributed by atoms with Crippen molar-refractivity contribution < 1.29 is 13.2 Å². The Hall–Kier alpha value is -0.950. The van der Waals surface area contributed by atoms with Gasteiger partial charge in [0.05, 0.1) is 17.1 Å². The van der Waals surface area contributed by atoms with E-state index in [-0.39, 0.29) is 12.2 Å². The van der Waals surface area contributed by atoms with Gasteiger partial charge in [-0.2, -0.15) is 4.31 Å². The van der Waals surface area contributed by atoms with Crippen LogP contribution in [-0.2, 0) is 21.3 Å². The van der Waals surface area contributed by atoms with Crippen molar-refractivity contribution in [3.8, 4) is 0 Å². The summed E-state index contributed by atoms with van der Waals surface area (Å²) in [6.07, 6.45) is -0.170. The zero-order valence-electron chi connectivity index (χ0n) is 12.2. The molecule has 2 rings (SSSR count). The van der Waals surface area contributed by atoms with Crippen molar-refractivity contribution in [1.82, 2.24) is 4.31 Å². The number of benzene rings is 1. The van der Waals surface area contributed by atoms with E-state index in [0.29, 0.717) is 24.5 Å². The van der Waals surface area contributed by atoms with Gasteiger partial charge >= 0.3 is 0 Å². The summed E-state index contributed by atoms with van der Waals surface area (Å²) in [7, 11) is -3.46. The first kappa shape index (κ1) is 15.4. The smallest absolute Gasteiger partial charge is 0.243 e. The van der Waals surface area contributed by atoms with Crippen LogP contribution in [0.4, 0.5) is 0 Å². The number of aryl methyl sites for hydroxylation is 1. The van der Waals surface area contributed by atoms with Crippen molar-refractivity contribution in [1.29, 1.82) is 0 Å². The number of rotatable bonds is 3. The molecule has 0 spiro atoms. The second-order valence-electron chi connectivity index (χ2n) is 5.37. The molecule has 6 heteroatoms. The van der Waals surface area contributed by atoms with Crippen LogP contribution in [0.15, 0.2) is 23.1 Å². The van der Waals surface area contributed by atoms with Gasteiger partial charge in [-0.3, -0.25) is 0 Å². The molecule has 0 aromatic heterocycles. The average molecular weight is 298 g/mol. The van der Waals surface area contributed by atoms with Crippen molar-refractivity contribution in [3.05, 3.63) is 29.3 Å². The van der Waals surface area contributed by atoms with Crippen LogP contribution in [0.3, 0.4) is 0 Å². The van der Waals surface area contributed by atoms with E-state index in [1.54, 1.807) is 18.2 Å². The SMILES string of the molecule is Cc1cc(S(=O)(=O)N2CC(C)OC(C)C2)ccc1CN. The summed E-state index contributed by atoms with van der Waals surface area (Å²) in [5, 5.41) is 0. The van der Waals surface area contributed by atoms with Gasteiger partial charge in [-0.1, -0.05) is 6.07 Å². The Bertz CT molecular complexity index is 576. The third-order valence-corrected chi connectivity index (χ3v) is 5.39. The lowest BCUT2D eigenvalue weighted by Crippen LogP contribution is -2.48. The van der Waals surface area contributed by atoms with E-state index in [1.165, 1.54) is 4.31 Å². The van der Waals surface area contributed by atoms with Gasteiger partial charge in [0, 0.05) is 19.6 Å². The number of nitrogens with zero attached hydrogens (tertiary/aromatic N) is 1. The molecule has 1 saturated heterocycles. The molecule has 1 aromatic carbocycles. The van der Waals surface area contributed by atoms with E-state index in [2.05, 4.69) is 0 Å². The minimum atomic E-state index is -3.46. The van der Waals surface area contributed by atoms with Gasteiger partial charge < -0.3 is 10.5 Å². The Kier molecular flexibility index (Phi) is 4.49. The second kappa shape index (κ2) is 5.81. The molecule has 0 bridgehead atoms. The van der Waals surface area contributed by atoms with Crippen molar-refractivity contribution in [2.24, 2.45) is 5.73 Å². The molecule has 1 heterocycles. The molecule has 20 heavy (non-hydrogen) atoms. The lowest BCUT2D eigenvalue weighted by Gasteiger charge is -2.34. The van der Waals surface area contributed by atoms with Gasteiger partial charge in [0.15, 0.2) is 0 Å². The van der Waals surface area contributed by atoms with Gasteiger partial charge in [0.1, 0.15) is 0 Å². The Labute approximate surface area is 120 Å². The summed E-state index contributed by atoms with van der Waals surface area (Å²) in [6.45, 7) is 6.86. The third kappa shape index (κ3) is 3.03. The van der Waals surface area contributed by atoms with Crippen LogP contribution in [-0.4, -0.2) is 38.0 Å². The summed E-state index contributed by atoms with van der Waals surface area (Å²) in [6, 6.07) is 5.12. The fourth-order valence-corrected chi connectivity index (χ4v) is 4.21. The molecule has 112 valence electrons. The van der Waals surface area contributed by atoms with Gasteiger partial charge in [0.2, 0.25) is 10.0 Å². The summed E-state index contributed by atoms with van der Waals surface area (Å²) in [5.41, 5.74) is 7.48. The van der Waals surface area contributed by atoms with E-state index < -0.39 is 10.0 Å². The number of sulfonamides is 1. The molecule has 0 saturated carbocycles. The highest BCUT2D eigenvalue weighted by molar-refractivity contribution is 7.89. The quantitative estimate of drug-likeness (QED) is 0.911. The number of ether oxygens (including phenoxy) is 1. The number of hydrogen-bond acceptors (Lipinski definition) is 4. The largest absolute Gasteiger partial charge is 0.373 e. The Morgan fingerprint density at radius 3 is 2.40 bits per heavy atom. The maximum Gasteiger partial charge on any atom is 0.243 e. The molecular formula is C14H22N2O3S. The summed E-state index contributed by atoms with van der Waals surface area (Å²) in [5.74, 6) is 0. The fourth-order valence-electron chi connectivity index (χ4n) is 2.53. The van der Waals surface area contributed by atoms with Crippen molar-refractivity contribution in [2.75, 3.05) is 13.1 Å². The second-order valence-corrected chi connectivity index (χ2v) is 7.31. The van der Waals surface area contributed by atoms with Crippen LogP contribution in [0.1, 0.15) is 25.0 Å². The van der Waals surface area contributed by atoms with Crippen LogP contribution >= 0.6 is 0 Å².